The third kappa shape index (κ3) is 63.6. The van der Waals surface area contributed by atoms with Gasteiger partial charge in [0.1, 0.15) is 39.6 Å². The minimum absolute atomic E-state index is 0. The van der Waals surface area contributed by atoms with E-state index < -0.39 is 47.8 Å². The van der Waals surface area contributed by atoms with Crippen LogP contribution in [0.3, 0.4) is 0 Å². The highest BCUT2D eigenvalue weighted by Gasteiger charge is 2.14. The van der Waals surface area contributed by atoms with Gasteiger partial charge in [-0.15, -0.1) is 0 Å². The van der Waals surface area contributed by atoms with Gasteiger partial charge in [-0.25, -0.2) is 38.4 Å². The predicted molar refractivity (Wildman–Crippen MR) is 352 cm³/mol. The monoisotopic (exact) mass is 1340 g/mol. The second-order valence-electron chi connectivity index (χ2n) is 12.4. The van der Waals surface area contributed by atoms with E-state index >= 15 is 0 Å². The van der Waals surface area contributed by atoms with E-state index in [4.69, 9.17) is 103 Å². The largest absolute Gasteiger partial charge is 0.465 e. The number of ether oxygens (including phenoxy) is 8. The van der Waals surface area contributed by atoms with Gasteiger partial charge >= 0.3 is 47.8 Å². The van der Waals surface area contributed by atoms with Crippen molar-refractivity contribution >= 4 is 47.8 Å². The Hall–Kier alpha value is -7.92. The van der Waals surface area contributed by atoms with Crippen molar-refractivity contribution in [3.8, 4) is 0 Å². The number of benzene rings is 4. The molecule has 4 aromatic rings. The molecule has 4 aromatic carbocycles. The van der Waals surface area contributed by atoms with Gasteiger partial charge in [-0.05, 0) is 97.1 Å². The van der Waals surface area contributed by atoms with Gasteiger partial charge in [0.2, 0.25) is 0 Å². The molecule has 14 N–H and O–H groups in total. The molecule has 0 bridgehead atoms. The Balaban J connectivity index is -0.0000000554. The molecule has 4 rings (SSSR count). The number of hydrogen-bond acceptors (Lipinski definition) is 30. The number of methoxy groups -OCH3 is 2. The summed E-state index contributed by atoms with van der Waals surface area (Å²) >= 11 is 0. The first-order valence-corrected chi connectivity index (χ1v) is 23.6. The number of aliphatic hydroxyl groups excluding tert-OH is 14. The van der Waals surface area contributed by atoms with Crippen molar-refractivity contribution in [2.45, 2.75) is 59.4 Å². The molecule has 0 aliphatic heterocycles. The molecule has 92 heavy (non-hydrogen) atoms. The van der Waals surface area contributed by atoms with Crippen molar-refractivity contribution in [1.29, 1.82) is 0 Å². The van der Waals surface area contributed by atoms with E-state index in [9.17, 15) is 38.4 Å². The molecular formula is C62H116O30. The Bertz CT molecular complexity index is 1860. The summed E-state index contributed by atoms with van der Waals surface area (Å²) in [7, 11) is 10.4. The number of carbonyl (C=O) groups excluding carboxylic acids is 8. The first-order chi connectivity index (χ1) is 42.2. The van der Waals surface area contributed by atoms with E-state index in [0.29, 0.717) is 11.1 Å². The number of esters is 8. The Morgan fingerprint density at radius 2 is 0.359 bits per heavy atom. The third-order valence-corrected chi connectivity index (χ3v) is 7.74. The lowest BCUT2D eigenvalue weighted by atomic mass is 10.1. The van der Waals surface area contributed by atoms with Crippen LogP contribution in [0.15, 0.2) is 97.1 Å². The highest BCUT2D eigenvalue weighted by atomic mass is 16.6. The van der Waals surface area contributed by atoms with Gasteiger partial charge in [0.15, 0.2) is 0 Å². The summed E-state index contributed by atoms with van der Waals surface area (Å²) in [5.41, 5.74) is 2.48. The highest BCUT2D eigenvalue weighted by Crippen LogP contribution is 2.11. The van der Waals surface area contributed by atoms with Gasteiger partial charge < -0.3 is 109 Å². The second-order valence-corrected chi connectivity index (χ2v) is 12.4. The van der Waals surface area contributed by atoms with Crippen molar-refractivity contribution < 1.29 is 150 Å². The zero-order valence-corrected chi connectivity index (χ0v) is 49.2. The zero-order chi connectivity index (χ0) is 69.4. The summed E-state index contributed by atoms with van der Waals surface area (Å²) in [6.07, 6.45) is 0. The summed E-state index contributed by atoms with van der Waals surface area (Å²) in [5, 5.41) is 107. The second kappa shape index (κ2) is 96.7. The highest BCUT2D eigenvalue weighted by molar-refractivity contribution is 5.95. The van der Waals surface area contributed by atoms with Gasteiger partial charge in [0.25, 0.3) is 0 Å². The Kier molecular flexibility index (Phi) is 124. The molecule has 0 aromatic heterocycles. The molecule has 0 aliphatic carbocycles. The van der Waals surface area contributed by atoms with Crippen molar-refractivity contribution in [3.63, 3.8) is 0 Å². The first kappa shape index (κ1) is 118. The summed E-state index contributed by atoms with van der Waals surface area (Å²) in [6, 6.07) is 23.2. The summed E-state index contributed by atoms with van der Waals surface area (Å²) in [5.74, 6) is -4.28. The van der Waals surface area contributed by atoms with Crippen LogP contribution >= 0.6 is 0 Å². The quantitative estimate of drug-likeness (QED) is 0.0446. The fraction of sp³-hybridized carbons (Fsp3) is 0.484. The fourth-order valence-corrected chi connectivity index (χ4v) is 4.54. The Labute approximate surface area is 548 Å². The Morgan fingerprint density at radius 1 is 0.272 bits per heavy atom. The first-order valence-electron chi connectivity index (χ1n) is 25.0. The zero-order valence-electron chi connectivity index (χ0n) is 51.2. The SMILES string of the molecule is C.C.C.C.C.C.C.CO.CO.CO.CO.CO.CO.CO.CO.COC(=O)c1ccc(C(=O)OC)cc1.O=C(OCCO)c1ccc(C(=O)OCCO)cc1.O=C(OCCO)c1ccc(C(=O)OCCO)cc1.O=C(OCCO)c1ccc(C(=O)OCCO)cc1.[2H]C[3H]. The normalized spacial score (nSPS) is 7.96. The molecule has 0 saturated carbocycles. The summed E-state index contributed by atoms with van der Waals surface area (Å²) in [4.78, 5) is 90.3. The molecule has 0 saturated heterocycles. The van der Waals surface area contributed by atoms with E-state index in [1.807, 2.05) is 0 Å². The molecule has 30 nitrogen and oxygen atoms in total. The van der Waals surface area contributed by atoms with Gasteiger partial charge in [0.05, 0.1) is 98.4 Å². The minimum atomic E-state index is -0.570. The maximum absolute atomic E-state index is 11.4. The van der Waals surface area contributed by atoms with Crippen LogP contribution < -0.4 is 0 Å². The Morgan fingerprint density at radius 3 is 0.435 bits per heavy atom. The molecule has 30 heteroatoms. The van der Waals surface area contributed by atoms with Crippen molar-refractivity contribution in [2.24, 2.45) is 0 Å². The number of hydrogen-bond donors (Lipinski definition) is 14. The number of carbonyl (C=O) groups is 8. The van der Waals surface area contributed by atoms with E-state index in [1.165, 1.54) is 111 Å². The average Bonchev–Trinajstić information content (AvgIpc) is 3.80. The molecule has 0 spiro atoms. The maximum Gasteiger partial charge on any atom is 0.338 e. The topological polar surface area (TPSA) is 494 Å². The van der Waals surface area contributed by atoms with Gasteiger partial charge in [0, 0.05) is 59.6 Å². The lowest BCUT2D eigenvalue weighted by molar-refractivity contribution is 0.0422. The van der Waals surface area contributed by atoms with Crippen LogP contribution in [0.25, 0.3) is 0 Å². The molecular weight excluding hydrogens is 1220 g/mol. The minimum Gasteiger partial charge on any atom is -0.465 e. The van der Waals surface area contributed by atoms with Crippen LogP contribution in [-0.2, 0) is 37.9 Å². The number of aliphatic hydroxyl groups is 14. The predicted octanol–water partition coefficient (Wildman–Crippen LogP) is 3.17. The van der Waals surface area contributed by atoms with Crippen LogP contribution in [0.5, 0.6) is 0 Å². The van der Waals surface area contributed by atoms with Crippen LogP contribution in [0, 0.1) is 0 Å². The van der Waals surface area contributed by atoms with Gasteiger partial charge in [-0.2, -0.15) is 0 Å². The van der Waals surface area contributed by atoms with E-state index in [2.05, 4.69) is 9.47 Å². The summed E-state index contributed by atoms with van der Waals surface area (Å²) < 4.78 is 49.0. The molecule has 0 fully saturated rings. The van der Waals surface area contributed by atoms with E-state index in [-0.39, 0.29) is 172 Å². The molecule has 0 heterocycles. The standard InChI is InChI=1S/3C12H14O6.C10H10O4.8CH4O.8CH4/c3*13-5-7-17-11(15)9-1-2-10(4-3-9)12(16)18-8-6-14;1-13-9(11)7-3-5-8(6-4-7)10(12)14-2;8*1-2;;;;;;;;/h3*1-4,13-14H,5-8H2;3-6H,1-2H3;8*2H,1H3;8*1H4/i;;;;;;;;;;;;1TD;;;;;;;. The molecule has 0 radical (unpaired) electrons. The van der Waals surface area contributed by atoms with Crippen molar-refractivity contribution in [2.75, 3.05) is 150 Å². The van der Waals surface area contributed by atoms with E-state index in [0.717, 1.165) is 56.9 Å². The molecule has 0 aliphatic rings. The number of rotatable bonds is 20. The lowest BCUT2D eigenvalue weighted by Crippen LogP contribution is -2.11. The van der Waals surface area contributed by atoms with Gasteiger partial charge in [-0.1, -0.05) is 59.4 Å². The van der Waals surface area contributed by atoms with Crippen LogP contribution in [-0.4, -0.2) is 270 Å². The lowest BCUT2D eigenvalue weighted by Gasteiger charge is -2.05. The fourth-order valence-electron chi connectivity index (χ4n) is 4.54. The van der Waals surface area contributed by atoms with Crippen LogP contribution in [0.2, 0.25) is 0 Å². The van der Waals surface area contributed by atoms with Gasteiger partial charge in [-0.3, -0.25) is 0 Å². The third-order valence-electron chi connectivity index (χ3n) is 7.74. The average molecular weight is 1340 g/mol. The molecule has 0 unspecified atom stereocenters. The summed E-state index contributed by atoms with van der Waals surface area (Å²) in [6.45, 7) is -1.85. The smallest absolute Gasteiger partial charge is 0.338 e. The molecule has 0 amide bonds. The van der Waals surface area contributed by atoms with Crippen molar-refractivity contribution in [3.05, 3.63) is 142 Å². The van der Waals surface area contributed by atoms with E-state index in [1.54, 1.807) is 0 Å². The molecule has 544 valence electrons. The van der Waals surface area contributed by atoms with Crippen LogP contribution in [0.4, 0.5) is 0 Å². The van der Waals surface area contributed by atoms with Crippen LogP contribution in [0.1, 0.15) is 145 Å². The molecule has 0 atom stereocenters. The maximum atomic E-state index is 11.4. The van der Waals surface area contributed by atoms with Crippen molar-refractivity contribution in [1.82, 2.24) is 0 Å².